The molecule has 10 nitrogen and oxygen atoms in total. The molecule has 0 unspecified atom stereocenters. The Balaban J connectivity index is 1.70. The number of hydrogen-bond acceptors (Lipinski definition) is 8. The molecule has 0 aromatic carbocycles. The first kappa shape index (κ1) is 16.8. The Bertz CT molecular complexity index is 684. The number of aromatic nitrogens is 4. The Kier molecular flexibility index (Phi) is 5.72. The molecule has 0 atom stereocenters. The maximum absolute atomic E-state index is 11.5. The minimum atomic E-state index is -0.902. The zero-order valence-corrected chi connectivity index (χ0v) is 12.3. The molecular formula is C14H12N4O6. The molecule has 0 radical (unpaired) electrons. The summed E-state index contributed by atoms with van der Waals surface area (Å²) in [5, 5.41) is 0. The molecule has 2 heterocycles. The lowest BCUT2D eigenvalue weighted by atomic mass is 10.5. The molecule has 0 fully saturated rings. The SMILES string of the molecule is O=C(/C=C/C(=O)OCC(=O)n1ccnc1)OCC(=O)n1ccnc1. The van der Waals surface area contributed by atoms with Crippen molar-refractivity contribution in [3.63, 3.8) is 0 Å². The van der Waals surface area contributed by atoms with E-state index in [0.717, 1.165) is 21.3 Å². The third-order valence-electron chi connectivity index (χ3n) is 2.62. The summed E-state index contributed by atoms with van der Waals surface area (Å²) in [6, 6.07) is 0. The van der Waals surface area contributed by atoms with Crippen molar-refractivity contribution in [3.8, 4) is 0 Å². The molecule has 0 amide bonds. The van der Waals surface area contributed by atoms with E-state index >= 15 is 0 Å². The molecule has 124 valence electrons. The van der Waals surface area contributed by atoms with Crippen LogP contribution in [0.5, 0.6) is 0 Å². The van der Waals surface area contributed by atoms with Crippen molar-refractivity contribution in [1.82, 2.24) is 19.1 Å². The minimum absolute atomic E-state index is 0.497. The van der Waals surface area contributed by atoms with Gasteiger partial charge in [0.1, 0.15) is 12.7 Å². The van der Waals surface area contributed by atoms with Gasteiger partial charge in [0.2, 0.25) is 0 Å². The second-order valence-electron chi connectivity index (χ2n) is 4.28. The summed E-state index contributed by atoms with van der Waals surface area (Å²) < 4.78 is 11.6. The lowest BCUT2D eigenvalue weighted by Gasteiger charge is -2.02. The monoisotopic (exact) mass is 332 g/mol. The largest absolute Gasteiger partial charge is 0.452 e. The summed E-state index contributed by atoms with van der Waals surface area (Å²) in [4.78, 5) is 53.1. The fourth-order valence-electron chi connectivity index (χ4n) is 1.46. The number of nitrogens with zero attached hydrogens (tertiary/aromatic N) is 4. The lowest BCUT2D eigenvalue weighted by Crippen LogP contribution is -2.19. The van der Waals surface area contributed by atoms with Gasteiger partial charge in [-0.25, -0.2) is 19.6 Å². The second-order valence-corrected chi connectivity index (χ2v) is 4.28. The molecule has 10 heteroatoms. The molecule has 0 bridgehead atoms. The normalized spacial score (nSPS) is 10.5. The van der Waals surface area contributed by atoms with Crippen LogP contribution in [0.15, 0.2) is 49.6 Å². The van der Waals surface area contributed by atoms with Gasteiger partial charge in [-0.05, 0) is 0 Å². The van der Waals surface area contributed by atoms with E-state index in [4.69, 9.17) is 0 Å². The van der Waals surface area contributed by atoms with Crippen molar-refractivity contribution in [1.29, 1.82) is 0 Å². The first-order valence-electron chi connectivity index (χ1n) is 6.60. The van der Waals surface area contributed by atoms with Crippen LogP contribution in [0.3, 0.4) is 0 Å². The molecule has 0 spiro atoms. The van der Waals surface area contributed by atoms with Crippen LogP contribution < -0.4 is 0 Å². The van der Waals surface area contributed by atoms with Crippen molar-refractivity contribution in [3.05, 3.63) is 49.6 Å². The fraction of sp³-hybridized carbons (Fsp3) is 0.143. The molecule has 24 heavy (non-hydrogen) atoms. The van der Waals surface area contributed by atoms with E-state index in [1.54, 1.807) is 0 Å². The minimum Gasteiger partial charge on any atom is -0.452 e. The molecule has 2 rings (SSSR count). The number of imidazole rings is 2. The highest BCUT2D eigenvalue weighted by Crippen LogP contribution is 1.92. The maximum Gasteiger partial charge on any atom is 0.331 e. The highest BCUT2D eigenvalue weighted by atomic mass is 16.5. The number of carbonyl (C=O) groups excluding carboxylic acids is 4. The van der Waals surface area contributed by atoms with Crippen molar-refractivity contribution >= 4 is 23.8 Å². The van der Waals surface area contributed by atoms with E-state index in [0.29, 0.717) is 0 Å². The van der Waals surface area contributed by atoms with Crippen LogP contribution in [0.2, 0.25) is 0 Å². The van der Waals surface area contributed by atoms with E-state index in [2.05, 4.69) is 19.4 Å². The smallest absolute Gasteiger partial charge is 0.331 e. The van der Waals surface area contributed by atoms with E-state index in [1.807, 2.05) is 0 Å². The average Bonchev–Trinajstić information content (AvgIpc) is 3.28. The molecule has 0 saturated carbocycles. The summed E-state index contributed by atoms with van der Waals surface area (Å²) >= 11 is 0. The standard InChI is InChI=1S/C14H12N4O6/c19-11(17-5-3-15-9-17)7-23-13(21)1-2-14(22)24-8-12(20)18-6-4-16-10-18/h1-6,9-10H,7-8H2/b2-1+. The van der Waals surface area contributed by atoms with Crippen molar-refractivity contribution < 1.29 is 28.7 Å². The lowest BCUT2D eigenvalue weighted by molar-refractivity contribution is -0.139. The van der Waals surface area contributed by atoms with Gasteiger partial charge >= 0.3 is 11.9 Å². The first-order valence-corrected chi connectivity index (χ1v) is 6.60. The summed E-state index contributed by atoms with van der Waals surface area (Å²) in [7, 11) is 0. The predicted molar refractivity (Wildman–Crippen MR) is 76.8 cm³/mol. The van der Waals surface area contributed by atoms with E-state index in [1.165, 1.54) is 37.4 Å². The fourth-order valence-corrected chi connectivity index (χ4v) is 1.46. The van der Waals surface area contributed by atoms with Crippen LogP contribution in [0.1, 0.15) is 9.59 Å². The number of hydrogen-bond donors (Lipinski definition) is 0. The Hall–Kier alpha value is -3.56. The third kappa shape index (κ3) is 5.02. The second kappa shape index (κ2) is 8.17. The van der Waals surface area contributed by atoms with Crippen LogP contribution in [-0.4, -0.2) is 56.1 Å². The zero-order chi connectivity index (χ0) is 17.4. The quantitative estimate of drug-likeness (QED) is 0.522. The van der Waals surface area contributed by atoms with Crippen LogP contribution in [0.25, 0.3) is 0 Å². The van der Waals surface area contributed by atoms with Gasteiger partial charge in [-0.15, -0.1) is 0 Å². The number of ether oxygens (including phenoxy) is 2. The van der Waals surface area contributed by atoms with Gasteiger partial charge in [0.05, 0.1) is 0 Å². The first-order chi connectivity index (χ1) is 11.6. The highest BCUT2D eigenvalue weighted by Gasteiger charge is 2.09. The van der Waals surface area contributed by atoms with E-state index < -0.39 is 37.0 Å². The summed E-state index contributed by atoms with van der Waals surface area (Å²) in [6.45, 7) is -1.01. The van der Waals surface area contributed by atoms with Gasteiger partial charge in [0, 0.05) is 36.9 Å². The molecule has 0 aliphatic carbocycles. The Morgan fingerprint density at radius 3 is 1.54 bits per heavy atom. The Labute approximate surface area is 135 Å². The van der Waals surface area contributed by atoms with Crippen LogP contribution in [0, 0.1) is 0 Å². The number of esters is 2. The Morgan fingerprint density at radius 1 is 0.792 bits per heavy atom. The summed E-state index contributed by atoms with van der Waals surface area (Å²) in [5.41, 5.74) is 0. The van der Waals surface area contributed by atoms with Gasteiger partial charge in [-0.3, -0.25) is 18.7 Å². The van der Waals surface area contributed by atoms with Crippen LogP contribution in [0.4, 0.5) is 0 Å². The summed E-state index contributed by atoms with van der Waals surface area (Å²) in [6.07, 6.45) is 9.74. The number of rotatable bonds is 6. The third-order valence-corrected chi connectivity index (χ3v) is 2.62. The van der Waals surface area contributed by atoms with Gasteiger partial charge in [-0.2, -0.15) is 0 Å². The average molecular weight is 332 g/mol. The van der Waals surface area contributed by atoms with Crippen molar-refractivity contribution in [2.75, 3.05) is 13.2 Å². The predicted octanol–water partition coefficient (Wildman–Crippen LogP) is -0.297. The Morgan fingerprint density at radius 2 is 1.21 bits per heavy atom. The summed E-state index contributed by atoms with van der Waals surface area (Å²) in [5.74, 6) is -2.80. The molecule has 0 aliphatic heterocycles. The maximum atomic E-state index is 11.5. The van der Waals surface area contributed by atoms with Crippen LogP contribution in [-0.2, 0) is 19.1 Å². The highest BCUT2D eigenvalue weighted by molar-refractivity contribution is 5.93. The number of carbonyl (C=O) groups is 4. The molecule has 0 aliphatic rings. The van der Waals surface area contributed by atoms with Gasteiger partial charge in [-0.1, -0.05) is 0 Å². The molecule has 0 saturated heterocycles. The molecular weight excluding hydrogens is 320 g/mol. The van der Waals surface area contributed by atoms with Gasteiger partial charge in [0.15, 0.2) is 13.2 Å². The van der Waals surface area contributed by atoms with Gasteiger partial charge < -0.3 is 9.47 Å². The van der Waals surface area contributed by atoms with Crippen molar-refractivity contribution in [2.24, 2.45) is 0 Å². The molecule has 2 aromatic rings. The topological polar surface area (TPSA) is 122 Å². The van der Waals surface area contributed by atoms with Crippen molar-refractivity contribution in [2.45, 2.75) is 0 Å². The van der Waals surface area contributed by atoms with E-state index in [-0.39, 0.29) is 0 Å². The molecule has 2 aromatic heterocycles. The zero-order valence-electron chi connectivity index (χ0n) is 12.3. The van der Waals surface area contributed by atoms with Gasteiger partial charge in [0.25, 0.3) is 11.8 Å². The molecule has 0 N–H and O–H groups in total. The van der Waals surface area contributed by atoms with Crippen LogP contribution >= 0.6 is 0 Å². The van der Waals surface area contributed by atoms with E-state index in [9.17, 15) is 19.2 Å².